The van der Waals surface area contributed by atoms with E-state index >= 15 is 0 Å². The molecule has 0 nitrogen and oxygen atoms in total. The van der Waals surface area contributed by atoms with Gasteiger partial charge >= 0.3 is 0 Å². The van der Waals surface area contributed by atoms with Crippen LogP contribution in [0.1, 0.15) is 36.3 Å². The second-order valence-electron chi connectivity index (χ2n) is 3.81. The molecule has 0 aromatic heterocycles. The summed E-state index contributed by atoms with van der Waals surface area (Å²) in [5, 5.41) is 0. The molecule has 1 aliphatic rings. The van der Waals surface area contributed by atoms with Gasteiger partial charge in [0.25, 0.3) is 0 Å². The molecule has 0 N–H and O–H groups in total. The van der Waals surface area contributed by atoms with Gasteiger partial charge in [-0.2, -0.15) is 0 Å². The van der Waals surface area contributed by atoms with E-state index in [0.29, 0.717) is 0 Å². The van der Waals surface area contributed by atoms with Crippen LogP contribution in [0.25, 0.3) is 0 Å². The summed E-state index contributed by atoms with van der Waals surface area (Å²) in [7, 11) is 0. The van der Waals surface area contributed by atoms with Gasteiger partial charge in [-0.05, 0) is 42.7 Å². The molecule has 68 valence electrons. The zero-order valence-corrected chi connectivity index (χ0v) is 8.00. The van der Waals surface area contributed by atoms with Crippen LogP contribution in [-0.2, 0) is 6.42 Å². The Morgan fingerprint density at radius 2 is 2.23 bits per heavy atom. The molecule has 1 aromatic rings. The quantitative estimate of drug-likeness (QED) is 0.597. The number of allylic oxidation sites excluding steroid dienone is 1. The zero-order chi connectivity index (χ0) is 9.10. The molecule has 0 spiro atoms. The van der Waals surface area contributed by atoms with E-state index in [4.69, 9.17) is 0 Å². The molecule has 0 saturated carbocycles. The van der Waals surface area contributed by atoms with Crippen LogP contribution in [-0.4, -0.2) is 0 Å². The van der Waals surface area contributed by atoms with Crippen LogP contribution in [0.4, 0.5) is 0 Å². The molecule has 1 unspecified atom stereocenters. The molecule has 1 atom stereocenters. The predicted octanol–water partition coefficient (Wildman–Crippen LogP) is 3.68. The van der Waals surface area contributed by atoms with Gasteiger partial charge in [-0.3, -0.25) is 0 Å². The summed E-state index contributed by atoms with van der Waals surface area (Å²) < 4.78 is 0. The van der Waals surface area contributed by atoms with Crippen molar-refractivity contribution in [1.82, 2.24) is 0 Å². The van der Waals surface area contributed by atoms with E-state index in [1.807, 2.05) is 6.08 Å². The summed E-state index contributed by atoms with van der Waals surface area (Å²) in [6.45, 7) is 3.83. The van der Waals surface area contributed by atoms with Gasteiger partial charge in [0.05, 0.1) is 0 Å². The molecular weight excluding hydrogens is 156 g/mol. The summed E-state index contributed by atoms with van der Waals surface area (Å²) in [5.74, 6) is 0.738. The van der Waals surface area contributed by atoms with Crippen molar-refractivity contribution in [2.75, 3.05) is 0 Å². The first kappa shape index (κ1) is 8.55. The van der Waals surface area contributed by atoms with Gasteiger partial charge < -0.3 is 0 Å². The average molecular weight is 172 g/mol. The fourth-order valence-corrected chi connectivity index (χ4v) is 2.30. The van der Waals surface area contributed by atoms with E-state index < -0.39 is 0 Å². The van der Waals surface area contributed by atoms with E-state index in [9.17, 15) is 0 Å². The van der Waals surface area contributed by atoms with Crippen molar-refractivity contribution in [3.63, 3.8) is 0 Å². The number of aryl methyl sites for hydroxylation is 1. The summed E-state index contributed by atoms with van der Waals surface area (Å²) in [6.07, 6.45) is 7.13. The highest BCUT2D eigenvalue weighted by atomic mass is 14.2. The zero-order valence-electron chi connectivity index (χ0n) is 8.00. The van der Waals surface area contributed by atoms with Crippen LogP contribution in [0.3, 0.4) is 0 Å². The molecule has 0 heteroatoms. The molecule has 0 amide bonds. The molecule has 1 aliphatic carbocycles. The molecule has 0 fully saturated rings. The summed E-state index contributed by atoms with van der Waals surface area (Å²) >= 11 is 0. The normalized spacial score (nSPS) is 20.8. The second-order valence-corrected chi connectivity index (χ2v) is 3.81. The van der Waals surface area contributed by atoms with E-state index in [-0.39, 0.29) is 0 Å². The number of hydrogen-bond donors (Lipinski definition) is 0. The lowest BCUT2D eigenvalue weighted by Gasteiger charge is -2.24. The Labute approximate surface area is 80.3 Å². The van der Waals surface area contributed by atoms with Crippen LogP contribution in [0.2, 0.25) is 0 Å². The highest BCUT2D eigenvalue weighted by Gasteiger charge is 2.17. The lowest BCUT2D eigenvalue weighted by atomic mass is 9.81. The van der Waals surface area contributed by atoms with Gasteiger partial charge in [0.2, 0.25) is 0 Å². The van der Waals surface area contributed by atoms with Crippen molar-refractivity contribution in [2.24, 2.45) is 0 Å². The second kappa shape index (κ2) is 3.78. The molecule has 0 saturated heterocycles. The highest BCUT2D eigenvalue weighted by Crippen LogP contribution is 2.33. The number of fused-ring (bicyclic) bond motifs is 1. The largest absolute Gasteiger partial charge is 0.103 e. The third-order valence-corrected chi connectivity index (χ3v) is 2.94. The maximum Gasteiger partial charge on any atom is -0.0125 e. The minimum Gasteiger partial charge on any atom is -0.103 e. The Morgan fingerprint density at radius 1 is 1.38 bits per heavy atom. The molecule has 13 heavy (non-hydrogen) atoms. The lowest BCUT2D eigenvalue weighted by Crippen LogP contribution is -2.08. The van der Waals surface area contributed by atoms with Crippen LogP contribution in [0.15, 0.2) is 36.9 Å². The SMILES string of the molecule is C=CCC1CCCc2ccccc21. The molecule has 0 radical (unpaired) electrons. The third kappa shape index (κ3) is 1.67. The van der Waals surface area contributed by atoms with Crippen molar-refractivity contribution in [1.29, 1.82) is 0 Å². The van der Waals surface area contributed by atoms with Crippen LogP contribution in [0.5, 0.6) is 0 Å². The molecular formula is C13H16. The maximum atomic E-state index is 3.83. The maximum absolute atomic E-state index is 3.83. The summed E-state index contributed by atoms with van der Waals surface area (Å²) in [6, 6.07) is 8.85. The average Bonchev–Trinajstić information content (AvgIpc) is 2.19. The van der Waals surface area contributed by atoms with Gasteiger partial charge in [0, 0.05) is 0 Å². The standard InChI is InChI=1S/C13H16/c1-2-6-11-8-5-9-12-7-3-4-10-13(11)12/h2-4,7,10-11H,1,5-6,8-9H2. The van der Waals surface area contributed by atoms with Crippen LogP contribution < -0.4 is 0 Å². The van der Waals surface area contributed by atoms with Crippen molar-refractivity contribution in [3.05, 3.63) is 48.0 Å². The van der Waals surface area contributed by atoms with Gasteiger partial charge in [0.15, 0.2) is 0 Å². The first-order chi connectivity index (χ1) is 6.42. The van der Waals surface area contributed by atoms with Crippen molar-refractivity contribution in [2.45, 2.75) is 31.6 Å². The fourth-order valence-electron chi connectivity index (χ4n) is 2.30. The summed E-state index contributed by atoms with van der Waals surface area (Å²) in [5.41, 5.74) is 3.12. The monoisotopic (exact) mass is 172 g/mol. The van der Waals surface area contributed by atoms with Gasteiger partial charge in [0.1, 0.15) is 0 Å². The van der Waals surface area contributed by atoms with E-state index in [1.54, 1.807) is 11.1 Å². The van der Waals surface area contributed by atoms with Crippen LogP contribution in [0, 0.1) is 0 Å². The van der Waals surface area contributed by atoms with Gasteiger partial charge in [-0.1, -0.05) is 30.3 Å². The van der Waals surface area contributed by atoms with Crippen molar-refractivity contribution in [3.8, 4) is 0 Å². The Kier molecular flexibility index (Phi) is 2.49. The smallest absolute Gasteiger partial charge is 0.0125 e. The Balaban J connectivity index is 2.31. The molecule has 0 aliphatic heterocycles. The predicted molar refractivity (Wildman–Crippen MR) is 56.9 cm³/mol. The van der Waals surface area contributed by atoms with Gasteiger partial charge in [-0.15, -0.1) is 6.58 Å². The minimum absolute atomic E-state index is 0.738. The van der Waals surface area contributed by atoms with Gasteiger partial charge in [-0.25, -0.2) is 0 Å². The van der Waals surface area contributed by atoms with Crippen LogP contribution >= 0.6 is 0 Å². The number of rotatable bonds is 2. The fraction of sp³-hybridized carbons (Fsp3) is 0.385. The Bertz CT molecular complexity index is 299. The van der Waals surface area contributed by atoms with Crippen molar-refractivity contribution >= 4 is 0 Å². The molecule has 0 bridgehead atoms. The van der Waals surface area contributed by atoms with E-state index in [0.717, 1.165) is 12.3 Å². The third-order valence-electron chi connectivity index (χ3n) is 2.94. The first-order valence-electron chi connectivity index (χ1n) is 5.10. The number of hydrogen-bond acceptors (Lipinski definition) is 0. The molecule has 1 aromatic carbocycles. The topological polar surface area (TPSA) is 0 Å². The van der Waals surface area contributed by atoms with Crippen molar-refractivity contribution < 1.29 is 0 Å². The first-order valence-corrected chi connectivity index (χ1v) is 5.10. The Morgan fingerprint density at radius 3 is 3.08 bits per heavy atom. The van der Waals surface area contributed by atoms with E-state index in [2.05, 4.69) is 30.8 Å². The van der Waals surface area contributed by atoms with E-state index in [1.165, 1.54) is 19.3 Å². The minimum atomic E-state index is 0.738. The molecule has 0 heterocycles. The summed E-state index contributed by atoms with van der Waals surface area (Å²) in [4.78, 5) is 0. The number of benzene rings is 1. The molecule has 2 rings (SSSR count). The highest BCUT2D eigenvalue weighted by molar-refractivity contribution is 5.32. The lowest BCUT2D eigenvalue weighted by molar-refractivity contribution is 0.558. The Hall–Kier alpha value is -1.04.